The first kappa shape index (κ1) is 39.8. The molecule has 0 unspecified atom stereocenters. The van der Waals surface area contributed by atoms with Crippen molar-refractivity contribution < 1.29 is 52.7 Å². The van der Waals surface area contributed by atoms with E-state index in [2.05, 4.69) is 9.97 Å². The van der Waals surface area contributed by atoms with Gasteiger partial charge >= 0.3 is 24.7 Å². The summed E-state index contributed by atoms with van der Waals surface area (Å²) in [5.74, 6) is 0. The zero-order valence-electron chi connectivity index (χ0n) is 29.3. The average Bonchev–Trinajstić information content (AvgIpc) is 3.19. The highest BCUT2D eigenvalue weighted by molar-refractivity contribution is 5.98. The van der Waals surface area contributed by atoms with Crippen LogP contribution in [0, 0.1) is 0 Å². The van der Waals surface area contributed by atoms with Gasteiger partial charge in [0.15, 0.2) is 0 Å². The highest BCUT2D eigenvalue weighted by atomic mass is 19.4. The van der Waals surface area contributed by atoms with Gasteiger partial charge in [0.05, 0.1) is 22.3 Å². The van der Waals surface area contributed by atoms with Crippen molar-refractivity contribution in [3.8, 4) is 66.8 Å². The fourth-order valence-electron chi connectivity index (χ4n) is 6.87. The lowest BCUT2D eigenvalue weighted by molar-refractivity contribution is -0.138. The molecular weight excluding hydrogens is 784 g/mol. The van der Waals surface area contributed by atoms with Crippen molar-refractivity contribution in [3.63, 3.8) is 0 Å². The van der Waals surface area contributed by atoms with Crippen LogP contribution in [0.25, 0.3) is 66.8 Å². The number of rotatable bonds is 6. The van der Waals surface area contributed by atoms with Crippen molar-refractivity contribution >= 4 is 0 Å². The molecule has 7 aromatic rings. The SMILES string of the molecule is FC(F)(F)c1ccncc1-c1ccc(C(F)(F)F)c(-c2cc(-c3ccccc3)c(-c3cc(-c4cnccc4C(F)(F)F)ccc3C(F)(F)F)cc2-c2ccccc2)c1. The molecule has 2 heterocycles. The summed E-state index contributed by atoms with van der Waals surface area (Å²) in [7, 11) is 0. The first-order chi connectivity index (χ1) is 27.3. The summed E-state index contributed by atoms with van der Waals surface area (Å²) in [5, 5.41) is 0. The molecule has 0 fully saturated rings. The zero-order chi connectivity index (χ0) is 41.6. The molecular formula is C44H24F12N2. The standard InChI is InChI=1S/C44H24F12N2/c45-41(46,47)37-13-11-27(35-23-57-17-15-39(35)43(51,52)53)19-33(37)31-22-30(26-9-5-2-6-10-26)32(21-29(31)25-7-3-1-4-8-25)34-20-28(12-14-38(34)42(48,49)50)36-24-58-18-16-40(36)44(54,55)56/h1-24H. The Bertz CT molecular complexity index is 2430. The molecule has 294 valence electrons. The molecule has 0 spiro atoms. The van der Waals surface area contributed by atoms with Crippen molar-refractivity contribution in [1.29, 1.82) is 0 Å². The first-order valence-electron chi connectivity index (χ1n) is 17.1. The van der Waals surface area contributed by atoms with Crippen LogP contribution in [0.15, 0.2) is 146 Å². The normalized spacial score (nSPS) is 12.5. The van der Waals surface area contributed by atoms with Gasteiger partial charge in [-0.1, -0.05) is 72.8 Å². The Hall–Kier alpha value is -6.44. The van der Waals surface area contributed by atoms with Gasteiger partial charge in [-0.05, 0) is 104 Å². The number of pyridine rings is 2. The molecule has 0 radical (unpaired) electrons. The molecule has 2 aromatic heterocycles. The second kappa shape index (κ2) is 14.8. The van der Waals surface area contributed by atoms with Crippen LogP contribution in [0.3, 0.4) is 0 Å². The minimum absolute atomic E-state index is 0.0592. The number of halogens is 12. The maximum atomic E-state index is 14.9. The molecule has 0 saturated heterocycles. The minimum Gasteiger partial charge on any atom is -0.264 e. The first-order valence-corrected chi connectivity index (χ1v) is 17.1. The quantitative estimate of drug-likeness (QED) is 0.156. The Labute approximate surface area is 322 Å². The van der Waals surface area contributed by atoms with E-state index in [9.17, 15) is 52.7 Å². The number of benzene rings is 5. The van der Waals surface area contributed by atoms with E-state index in [4.69, 9.17) is 0 Å². The van der Waals surface area contributed by atoms with Gasteiger partial charge in [0.1, 0.15) is 0 Å². The van der Waals surface area contributed by atoms with E-state index < -0.39 is 69.2 Å². The molecule has 2 nitrogen and oxygen atoms in total. The van der Waals surface area contributed by atoms with Crippen LogP contribution in [0.1, 0.15) is 22.3 Å². The molecule has 0 aliphatic carbocycles. The molecule has 14 heteroatoms. The lowest BCUT2D eigenvalue weighted by atomic mass is 9.82. The number of alkyl halides is 12. The smallest absolute Gasteiger partial charge is 0.264 e. The molecule has 0 amide bonds. The van der Waals surface area contributed by atoms with E-state index in [1.807, 2.05) is 0 Å². The minimum atomic E-state index is -5.08. The van der Waals surface area contributed by atoms with E-state index in [1.54, 1.807) is 12.1 Å². The molecule has 58 heavy (non-hydrogen) atoms. The summed E-state index contributed by atoms with van der Waals surface area (Å²) in [6, 6.07) is 23.9. The number of nitrogens with zero attached hydrogens (tertiary/aromatic N) is 2. The van der Waals surface area contributed by atoms with Crippen molar-refractivity contribution in [2.45, 2.75) is 24.7 Å². The Morgan fingerprint density at radius 1 is 0.276 bits per heavy atom. The Kier molecular flexibility index (Phi) is 10.2. The van der Waals surface area contributed by atoms with Gasteiger partial charge < -0.3 is 0 Å². The lowest BCUT2D eigenvalue weighted by Gasteiger charge is -2.23. The predicted octanol–water partition coefficient (Wildman–Crippen LogP) is 14.6. The maximum Gasteiger partial charge on any atom is 0.417 e. The average molecular weight is 809 g/mol. The molecule has 7 rings (SSSR count). The fraction of sp³-hybridized carbons (Fsp3) is 0.0909. The fourth-order valence-corrected chi connectivity index (χ4v) is 6.87. The van der Waals surface area contributed by atoms with Crippen LogP contribution in [0.2, 0.25) is 0 Å². The third-order valence-electron chi connectivity index (χ3n) is 9.43. The Balaban J connectivity index is 1.62. The van der Waals surface area contributed by atoms with E-state index >= 15 is 0 Å². The Morgan fingerprint density at radius 2 is 0.603 bits per heavy atom. The second-order valence-corrected chi connectivity index (χ2v) is 13.0. The summed E-state index contributed by atoms with van der Waals surface area (Å²) in [6.45, 7) is 0. The largest absolute Gasteiger partial charge is 0.417 e. The van der Waals surface area contributed by atoms with E-state index in [0.717, 1.165) is 49.1 Å². The summed E-state index contributed by atoms with van der Waals surface area (Å²) >= 11 is 0. The number of hydrogen-bond donors (Lipinski definition) is 0. The van der Waals surface area contributed by atoms with Crippen LogP contribution in [-0.4, -0.2) is 9.97 Å². The predicted molar refractivity (Wildman–Crippen MR) is 195 cm³/mol. The molecule has 5 aromatic carbocycles. The van der Waals surface area contributed by atoms with E-state index in [0.29, 0.717) is 24.3 Å². The molecule has 0 atom stereocenters. The highest BCUT2D eigenvalue weighted by Gasteiger charge is 2.39. The maximum absolute atomic E-state index is 14.9. The number of aromatic nitrogens is 2. The van der Waals surface area contributed by atoms with Gasteiger partial charge in [-0.25, -0.2) is 0 Å². The summed E-state index contributed by atoms with van der Waals surface area (Å²) in [4.78, 5) is 7.54. The molecule has 0 N–H and O–H groups in total. The summed E-state index contributed by atoms with van der Waals surface area (Å²) in [5.41, 5.74) is -7.77. The van der Waals surface area contributed by atoms with Crippen LogP contribution in [0.4, 0.5) is 52.7 Å². The van der Waals surface area contributed by atoms with Crippen molar-refractivity contribution in [2.75, 3.05) is 0 Å². The van der Waals surface area contributed by atoms with Crippen LogP contribution >= 0.6 is 0 Å². The van der Waals surface area contributed by atoms with Crippen LogP contribution < -0.4 is 0 Å². The molecule has 0 aliphatic rings. The lowest BCUT2D eigenvalue weighted by Crippen LogP contribution is -2.10. The third-order valence-corrected chi connectivity index (χ3v) is 9.43. The van der Waals surface area contributed by atoms with Crippen LogP contribution in [-0.2, 0) is 24.7 Å². The molecule has 0 aliphatic heterocycles. The Morgan fingerprint density at radius 3 is 0.931 bits per heavy atom. The van der Waals surface area contributed by atoms with Gasteiger partial charge in [0.2, 0.25) is 0 Å². The topological polar surface area (TPSA) is 25.8 Å². The third kappa shape index (κ3) is 7.91. The molecule has 0 bridgehead atoms. The number of hydrogen-bond acceptors (Lipinski definition) is 2. The van der Waals surface area contributed by atoms with Crippen molar-refractivity contribution in [2.24, 2.45) is 0 Å². The summed E-state index contributed by atoms with van der Waals surface area (Å²) < 4.78 is 175. The summed E-state index contributed by atoms with van der Waals surface area (Å²) in [6.07, 6.45) is -16.5. The second-order valence-electron chi connectivity index (χ2n) is 13.0. The van der Waals surface area contributed by atoms with Gasteiger partial charge in [0.25, 0.3) is 0 Å². The van der Waals surface area contributed by atoms with Crippen molar-refractivity contribution in [3.05, 3.63) is 168 Å². The van der Waals surface area contributed by atoms with Gasteiger partial charge in [-0.15, -0.1) is 0 Å². The van der Waals surface area contributed by atoms with Gasteiger partial charge in [-0.3, -0.25) is 9.97 Å². The molecule has 0 saturated carbocycles. The monoisotopic (exact) mass is 808 g/mol. The highest BCUT2D eigenvalue weighted by Crippen LogP contribution is 2.50. The van der Waals surface area contributed by atoms with Gasteiger partial charge in [-0.2, -0.15) is 52.7 Å². The van der Waals surface area contributed by atoms with E-state index in [-0.39, 0.29) is 44.5 Å². The zero-order valence-corrected chi connectivity index (χ0v) is 29.3. The van der Waals surface area contributed by atoms with Crippen molar-refractivity contribution in [1.82, 2.24) is 9.97 Å². The van der Waals surface area contributed by atoms with Crippen LogP contribution in [0.5, 0.6) is 0 Å². The van der Waals surface area contributed by atoms with Gasteiger partial charge in [0, 0.05) is 35.9 Å². The van der Waals surface area contributed by atoms with E-state index in [1.165, 1.54) is 60.7 Å².